The Morgan fingerprint density at radius 1 is 1.20 bits per heavy atom. The molecule has 1 atom stereocenters. The van der Waals surface area contributed by atoms with Gasteiger partial charge in [0.05, 0.1) is 15.9 Å². The third-order valence-corrected chi connectivity index (χ3v) is 5.34. The fraction of sp³-hybridized carbons (Fsp3) is 0.733. The summed E-state index contributed by atoms with van der Waals surface area (Å²) in [6.45, 7) is 4.63. The first-order valence-corrected chi connectivity index (χ1v) is 8.76. The van der Waals surface area contributed by atoms with Crippen molar-refractivity contribution in [1.29, 1.82) is 0 Å². The van der Waals surface area contributed by atoms with Crippen molar-refractivity contribution in [3.05, 3.63) is 15.1 Å². The average Bonchev–Trinajstić information content (AvgIpc) is 3.14. The van der Waals surface area contributed by atoms with Gasteiger partial charge in [0.2, 0.25) is 0 Å². The maximum atomic E-state index is 5.50. The van der Waals surface area contributed by atoms with Gasteiger partial charge in [-0.3, -0.25) is 0 Å². The van der Waals surface area contributed by atoms with E-state index in [-0.39, 0.29) is 0 Å². The van der Waals surface area contributed by atoms with Gasteiger partial charge in [0, 0.05) is 25.0 Å². The van der Waals surface area contributed by atoms with Gasteiger partial charge in [-0.05, 0) is 48.8 Å². The number of rotatable bonds is 4. The molecule has 1 saturated carbocycles. The van der Waals surface area contributed by atoms with E-state index in [1.54, 1.807) is 0 Å². The summed E-state index contributed by atoms with van der Waals surface area (Å²) in [5, 5.41) is 3.40. The van der Waals surface area contributed by atoms with E-state index in [2.05, 4.69) is 34.8 Å². The van der Waals surface area contributed by atoms with Gasteiger partial charge < -0.3 is 10.1 Å². The van der Waals surface area contributed by atoms with Gasteiger partial charge in [0.1, 0.15) is 11.6 Å². The van der Waals surface area contributed by atoms with E-state index in [4.69, 9.17) is 14.7 Å². The summed E-state index contributed by atoms with van der Waals surface area (Å²) >= 11 is 2.42. The van der Waals surface area contributed by atoms with Crippen molar-refractivity contribution in [3.8, 4) is 0 Å². The van der Waals surface area contributed by atoms with Crippen LogP contribution in [0.4, 0.5) is 5.82 Å². The Bertz CT molecular complexity index is 468. The molecule has 20 heavy (non-hydrogen) atoms. The second kappa shape index (κ2) is 6.56. The predicted octanol–water partition coefficient (Wildman–Crippen LogP) is 3.67. The standard InChI is InChI=1S/C15H22IN3O/c1-2-17-15-12(16)13(10-5-3-4-6-10)18-14(19-15)11-7-8-20-9-11/h10-11H,2-9H2,1H3,(H,17,18,19). The molecule has 4 nitrogen and oxygen atoms in total. The summed E-state index contributed by atoms with van der Waals surface area (Å²) in [5.41, 5.74) is 1.27. The van der Waals surface area contributed by atoms with Gasteiger partial charge in [-0.15, -0.1) is 0 Å². The third-order valence-electron chi connectivity index (χ3n) is 4.28. The second-order valence-corrected chi connectivity index (χ2v) is 6.78. The number of ether oxygens (including phenoxy) is 1. The lowest BCUT2D eigenvalue weighted by atomic mass is 10.0. The lowest BCUT2D eigenvalue weighted by Crippen LogP contribution is -2.14. The molecular formula is C15H22IN3O. The quantitative estimate of drug-likeness (QED) is 0.801. The zero-order valence-electron chi connectivity index (χ0n) is 12.0. The van der Waals surface area contributed by atoms with Crippen molar-refractivity contribution in [2.75, 3.05) is 25.1 Å². The summed E-state index contributed by atoms with van der Waals surface area (Å²) in [5.74, 6) is 3.01. The van der Waals surface area contributed by atoms with Crippen LogP contribution in [0.15, 0.2) is 0 Å². The van der Waals surface area contributed by atoms with E-state index in [0.29, 0.717) is 11.8 Å². The topological polar surface area (TPSA) is 47.0 Å². The summed E-state index contributed by atoms with van der Waals surface area (Å²) in [4.78, 5) is 9.71. The Morgan fingerprint density at radius 3 is 2.65 bits per heavy atom. The van der Waals surface area contributed by atoms with Gasteiger partial charge in [-0.25, -0.2) is 9.97 Å². The molecule has 0 aromatic carbocycles. The molecule has 2 heterocycles. The van der Waals surface area contributed by atoms with Gasteiger partial charge >= 0.3 is 0 Å². The molecule has 0 amide bonds. The molecule has 2 aliphatic rings. The summed E-state index contributed by atoms with van der Waals surface area (Å²) in [6.07, 6.45) is 6.28. The number of nitrogens with one attached hydrogen (secondary N) is 1. The molecule has 0 bridgehead atoms. The summed E-state index contributed by atoms with van der Waals surface area (Å²) in [7, 11) is 0. The van der Waals surface area contributed by atoms with E-state index in [0.717, 1.165) is 37.8 Å². The van der Waals surface area contributed by atoms with Crippen molar-refractivity contribution in [3.63, 3.8) is 0 Å². The van der Waals surface area contributed by atoms with Crippen LogP contribution in [-0.2, 0) is 4.74 Å². The molecule has 0 radical (unpaired) electrons. The minimum Gasteiger partial charge on any atom is -0.381 e. The lowest BCUT2D eigenvalue weighted by Gasteiger charge is -2.18. The van der Waals surface area contributed by atoms with Crippen LogP contribution in [0.3, 0.4) is 0 Å². The normalized spacial score (nSPS) is 23.4. The van der Waals surface area contributed by atoms with Crippen LogP contribution in [0.1, 0.15) is 62.4 Å². The highest BCUT2D eigenvalue weighted by molar-refractivity contribution is 14.1. The Labute approximate surface area is 134 Å². The molecule has 1 aromatic rings. The highest BCUT2D eigenvalue weighted by Crippen LogP contribution is 2.38. The number of anilines is 1. The largest absolute Gasteiger partial charge is 0.381 e. The molecule has 3 rings (SSSR count). The zero-order valence-corrected chi connectivity index (χ0v) is 14.1. The van der Waals surface area contributed by atoms with Crippen molar-refractivity contribution >= 4 is 28.4 Å². The molecule has 110 valence electrons. The molecule has 2 fully saturated rings. The van der Waals surface area contributed by atoms with E-state index in [1.807, 2.05) is 0 Å². The molecule has 1 N–H and O–H groups in total. The number of nitrogens with zero attached hydrogens (tertiary/aromatic N) is 2. The van der Waals surface area contributed by atoms with Crippen molar-refractivity contribution in [2.45, 2.75) is 50.9 Å². The smallest absolute Gasteiger partial charge is 0.143 e. The first-order chi connectivity index (χ1) is 9.79. The highest BCUT2D eigenvalue weighted by Gasteiger charge is 2.27. The molecule has 1 aliphatic carbocycles. The lowest BCUT2D eigenvalue weighted by molar-refractivity contribution is 0.193. The van der Waals surface area contributed by atoms with Crippen LogP contribution in [0.2, 0.25) is 0 Å². The van der Waals surface area contributed by atoms with E-state index < -0.39 is 0 Å². The number of aromatic nitrogens is 2. The predicted molar refractivity (Wildman–Crippen MR) is 88.3 cm³/mol. The minimum absolute atomic E-state index is 0.379. The molecule has 0 spiro atoms. The van der Waals surface area contributed by atoms with E-state index >= 15 is 0 Å². The first kappa shape index (κ1) is 14.5. The van der Waals surface area contributed by atoms with Crippen LogP contribution in [-0.4, -0.2) is 29.7 Å². The first-order valence-electron chi connectivity index (χ1n) is 7.68. The van der Waals surface area contributed by atoms with Crippen molar-refractivity contribution in [2.24, 2.45) is 0 Å². The van der Waals surface area contributed by atoms with Crippen LogP contribution in [0.5, 0.6) is 0 Å². The Morgan fingerprint density at radius 2 is 2.00 bits per heavy atom. The molecule has 1 saturated heterocycles. The van der Waals surface area contributed by atoms with Gasteiger partial charge in [-0.1, -0.05) is 12.8 Å². The number of hydrogen-bond donors (Lipinski definition) is 1. The van der Waals surface area contributed by atoms with Crippen LogP contribution in [0, 0.1) is 3.57 Å². The Balaban J connectivity index is 1.97. The molecular weight excluding hydrogens is 365 g/mol. The maximum Gasteiger partial charge on any atom is 0.143 e. The molecule has 1 aliphatic heterocycles. The summed E-state index contributed by atoms with van der Waals surface area (Å²) < 4.78 is 6.73. The fourth-order valence-corrected chi connectivity index (χ4v) is 4.03. The number of halogens is 1. The molecule has 1 aromatic heterocycles. The van der Waals surface area contributed by atoms with E-state index in [1.165, 1.54) is 34.9 Å². The second-order valence-electron chi connectivity index (χ2n) is 5.70. The average molecular weight is 387 g/mol. The Kier molecular flexibility index (Phi) is 4.75. The Hall–Kier alpha value is -0.430. The van der Waals surface area contributed by atoms with Gasteiger partial charge in [0.25, 0.3) is 0 Å². The van der Waals surface area contributed by atoms with Crippen LogP contribution in [0.25, 0.3) is 0 Å². The van der Waals surface area contributed by atoms with Crippen LogP contribution >= 0.6 is 22.6 Å². The fourth-order valence-electron chi connectivity index (χ4n) is 3.16. The third kappa shape index (κ3) is 2.93. The minimum atomic E-state index is 0.379. The maximum absolute atomic E-state index is 5.50. The highest BCUT2D eigenvalue weighted by atomic mass is 127. The van der Waals surface area contributed by atoms with Crippen molar-refractivity contribution in [1.82, 2.24) is 9.97 Å². The number of hydrogen-bond acceptors (Lipinski definition) is 4. The summed E-state index contributed by atoms with van der Waals surface area (Å²) in [6, 6.07) is 0. The molecule has 5 heteroatoms. The van der Waals surface area contributed by atoms with Crippen LogP contribution < -0.4 is 5.32 Å². The monoisotopic (exact) mass is 387 g/mol. The van der Waals surface area contributed by atoms with Gasteiger partial charge in [0.15, 0.2) is 0 Å². The molecule has 1 unspecified atom stereocenters. The SMILES string of the molecule is CCNc1nc(C2CCOC2)nc(C2CCCC2)c1I. The van der Waals surface area contributed by atoms with E-state index in [9.17, 15) is 0 Å². The van der Waals surface area contributed by atoms with Crippen molar-refractivity contribution < 1.29 is 4.74 Å². The van der Waals surface area contributed by atoms with Gasteiger partial charge in [-0.2, -0.15) is 0 Å². The zero-order chi connectivity index (χ0) is 13.9.